The molecule has 106 valence electrons. The third kappa shape index (κ3) is 3.47. The van der Waals surface area contributed by atoms with E-state index in [0.29, 0.717) is 11.5 Å². The van der Waals surface area contributed by atoms with Crippen molar-refractivity contribution in [2.45, 2.75) is 50.7 Å². The quantitative estimate of drug-likeness (QED) is 0.808. The summed E-state index contributed by atoms with van der Waals surface area (Å²) < 4.78 is 5.49. The fourth-order valence-corrected chi connectivity index (χ4v) is 4.13. The van der Waals surface area contributed by atoms with Crippen molar-refractivity contribution in [3.63, 3.8) is 0 Å². The molecule has 0 aromatic rings. The van der Waals surface area contributed by atoms with Crippen LogP contribution in [-0.2, 0) is 4.74 Å². The Hall–Kier alpha value is 0.360. The third-order valence-corrected chi connectivity index (χ3v) is 5.87. The van der Waals surface area contributed by atoms with E-state index in [0.717, 1.165) is 50.8 Å². The number of hydrogen-bond acceptors (Lipinski definition) is 3. The molecule has 2 unspecified atom stereocenters. The molecular formula is C14H26BrNO2. The van der Waals surface area contributed by atoms with Crippen molar-refractivity contribution in [1.29, 1.82) is 0 Å². The maximum Gasteiger partial charge on any atom is 0.0695 e. The number of likely N-dealkylation sites (N-methyl/N-ethyl adjacent to an activating group) is 1. The Kier molecular flexibility index (Phi) is 5.48. The lowest BCUT2D eigenvalue weighted by Crippen LogP contribution is -2.49. The first-order valence-electron chi connectivity index (χ1n) is 7.19. The molecule has 1 N–H and O–H groups in total. The Morgan fingerprint density at radius 2 is 1.94 bits per heavy atom. The summed E-state index contributed by atoms with van der Waals surface area (Å²) >= 11 is 3.69. The van der Waals surface area contributed by atoms with Crippen LogP contribution in [0.5, 0.6) is 0 Å². The van der Waals surface area contributed by atoms with Crippen LogP contribution < -0.4 is 0 Å². The van der Waals surface area contributed by atoms with Gasteiger partial charge in [-0.1, -0.05) is 28.8 Å². The molecule has 2 aliphatic rings. The zero-order valence-corrected chi connectivity index (χ0v) is 13.0. The second-order valence-corrected chi connectivity index (χ2v) is 6.64. The summed E-state index contributed by atoms with van der Waals surface area (Å²) in [6, 6.07) is 0.359. The molecule has 0 amide bonds. The van der Waals surface area contributed by atoms with E-state index in [4.69, 9.17) is 4.74 Å². The van der Waals surface area contributed by atoms with E-state index in [1.165, 1.54) is 12.8 Å². The van der Waals surface area contributed by atoms with Gasteiger partial charge in [0.05, 0.1) is 6.10 Å². The van der Waals surface area contributed by atoms with E-state index < -0.39 is 0 Å². The number of hydrogen-bond donors (Lipinski definition) is 1. The first-order valence-corrected chi connectivity index (χ1v) is 8.31. The summed E-state index contributed by atoms with van der Waals surface area (Å²) in [7, 11) is 2.18. The highest BCUT2D eigenvalue weighted by molar-refractivity contribution is 9.09. The van der Waals surface area contributed by atoms with Crippen LogP contribution in [0.25, 0.3) is 0 Å². The van der Waals surface area contributed by atoms with Gasteiger partial charge in [0, 0.05) is 31.1 Å². The Bertz CT molecular complexity index is 256. The van der Waals surface area contributed by atoms with Crippen LogP contribution in [-0.4, -0.2) is 54.3 Å². The van der Waals surface area contributed by atoms with Gasteiger partial charge >= 0.3 is 0 Å². The molecule has 3 nitrogen and oxygen atoms in total. The summed E-state index contributed by atoms with van der Waals surface area (Å²) in [4.78, 5) is 2.40. The van der Waals surface area contributed by atoms with E-state index in [-0.39, 0.29) is 6.10 Å². The summed E-state index contributed by atoms with van der Waals surface area (Å²) in [5, 5.41) is 11.2. The van der Waals surface area contributed by atoms with E-state index >= 15 is 0 Å². The lowest BCUT2D eigenvalue weighted by molar-refractivity contribution is -0.0207. The number of rotatable bonds is 4. The van der Waals surface area contributed by atoms with Crippen molar-refractivity contribution in [1.82, 2.24) is 4.90 Å². The van der Waals surface area contributed by atoms with Gasteiger partial charge in [-0.25, -0.2) is 0 Å². The highest BCUT2D eigenvalue weighted by atomic mass is 79.9. The molecule has 0 radical (unpaired) electrons. The van der Waals surface area contributed by atoms with Gasteiger partial charge in [0.2, 0.25) is 0 Å². The van der Waals surface area contributed by atoms with E-state index in [2.05, 4.69) is 27.9 Å². The predicted molar refractivity (Wildman–Crippen MR) is 77.2 cm³/mol. The Morgan fingerprint density at radius 3 is 2.56 bits per heavy atom. The maximum absolute atomic E-state index is 10.1. The molecule has 2 atom stereocenters. The SMILES string of the molecule is CN(CC1(CBr)CCOCC1)C1CCCCC1O. The van der Waals surface area contributed by atoms with Crippen molar-refractivity contribution >= 4 is 15.9 Å². The highest BCUT2D eigenvalue weighted by Gasteiger charge is 2.36. The van der Waals surface area contributed by atoms with Crippen LogP contribution in [0.2, 0.25) is 0 Å². The molecule has 1 heterocycles. The first-order chi connectivity index (χ1) is 8.67. The van der Waals surface area contributed by atoms with Crippen LogP contribution >= 0.6 is 15.9 Å². The molecular weight excluding hydrogens is 294 g/mol. The molecule has 1 saturated heterocycles. The second kappa shape index (κ2) is 6.69. The van der Waals surface area contributed by atoms with Crippen molar-refractivity contribution in [2.24, 2.45) is 5.41 Å². The van der Waals surface area contributed by atoms with E-state index in [1.807, 2.05) is 0 Å². The minimum atomic E-state index is -0.129. The van der Waals surface area contributed by atoms with Crippen molar-refractivity contribution in [3.05, 3.63) is 0 Å². The molecule has 1 saturated carbocycles. The monoisotopic (exact) mass is 319 g/mol. The fourth-order valence-electron chi connectivity index (χ4n) is 3.39. The van der Waals surface area contributed by atoms with Gasteiger partial charge in [0.15, 0.2) is 0 Å². The van der Waals surface area contributed by atoms with Gasteiger partial charge in [0.1, 0.15) is 0 Å². The molecule has 0 spiro atoms. The number of halogens is 1. The Morgan fingerprint density at radius 1 is 1.28 bits per heavy atom. The molecule has 2 fully saturated rings. The molecule has 4 heteroatoms. The standard InChI is InChI=1S/C14H26BrNO2/c1-16(12-4-2-3-5-13(12)17)11-14(10-15)6-8-18-9-7-14/h12-13,17H,2-11H2,1H3. The molecule has 2 rings (SSSR count). The van der Waals surface area contributed by atoms with Gasteiger partial charge < -0.3 is 14.7 Å². The highest BCUT2D eigenvalue weighted by Crippen LogP contribution is 2.35. The third-order valence-electron chi connectivity index (χ3n) is 4.68. The number of alkyl halides is 1. The van der Waals surface area contributed by atoms with Gasteiger partial charge in [-0.3, -0.25) is 0 Å². The smallest absolute Gasteiger partial charge is 0.0695 e. The van der Waals surface area contributed by atoms with Gasteiger partial charge in [-0.15, -0.1) is 0 Å². The number of ether oxygens (including phenoxy) is 1. The number of nitrogens with zero attached hydrogens (tertiary/aromatic N) is 1. The van der Waals surface area contributed by atoms with Gasteiger partial charge in [-0.05, 0) is 38.1 Å². The first kappa shape index (κ1) is 14.8. The summed E-state index contributed by atoms with van der Waals surface area (Å²) in [5.41, 5.74) is 0.337. The molecule has 1 aliphatic heterocycles. The molecule has 1 aliphatic carbocycles. The summed E-state index contributed by atoms with van der Waals surface area (Å²) in [6.45, 7) is 2.84. The Balaban J connectivity index is 1.93. The largest absolute Gasteiger partial charge is 0.391 e. The average molecular weight is 320 g/mol. The van der Waals surface area contributed by atoms with Crippen LogP contribution in [0.1, 0.15) is 38.5 Å². The maximum atomic E-state index is 10.1. The van der Waals surface area contributed by atoms with Gasteiger partial charge in [0.25, 0.3) is 0 Å². The number of aliphatic hydroxyl groups excluding tert-OH is 1. The summed E-state index contributed by atoms with van der Waals surface area (Å²) in [5.74, 6) is 0. The normalized spacial score (nSPS) is 32.7. The van der Waals surface area contributed by atoms with Crippen LogP contribution in [0.3, 0.4) is 0 Å². The van der Waals surface area contributed by atoms with Gasteiger partial charge in [-0.2, -0.15) is 0 Å². The fraction of sp³-hybridized carbons (Fsp3) is 1.00. The molecule has 0 aromatic heterocycles. The number of aliphatic hydroxyl groups is 1. The average Bonchev–Trinajstić information content (AvgIpc) is 2.40. The zero-order chi connectivity index (χ0) is 13.0. The lowest BCUT2D eigenvalue weighted by Gasteiger charge is -2.43. The van der Waals surface area contributed by atoms with Crippen molar-refractivity contribution in [3.8, 4) is 0 Å². The van der Waals surface area contributed by atoms with Crippen LogP contribution in [0.15, 0.2) is 0 Å². The van der Waals surface area contributed by atoms with Crippen LogP contribution in [0.4, 0.5) is 0 Å². The topological polar surface area (TPSA) is 32.7 Å². The molecule has 0 aromatic carbocycles. The van der Waals surface area contributed by atoms with Crippen molar-refractivity contribution in [2.75, 3.05) is 32.1 Å². The minimum Gasteiger partial charge on any atom is -0.391 e. The molecule has 18 heavy (non-hydrogen) atoms. The van der Waals surface area contributed by atoms with Crippen molar-refractivity contribution < 1.29 is 9.84 Å². The molecule has 0 bridgehead atoms. The lowest BCUT2D eigenvalue weighted by atomic mass is 9.80. The minimum absolute atomic E-state index is 0.129. The summed E-state index contributed by atoms with van der Waals surface area (Å²) in [6.07, 6.45) is 6.69. The van der Waals surface area contributed by atoms with E-state index in [9.17, 15) is 5.11 Å². The zero-order valence-electron chi connectivity index (χ0n) is 11.4. The second-order valence-electron chi connectivity index (χ2n) is 6.08. The van der Waals surface area contributed by atoms with Crippen LogP contribution in [0, 0.1) is 5.41 Å². The predicted octanol–water partition coefficient (Wildman–Crippen LogP) is 2.41. The van der Waals surface area contributed by atoms with E-state index in [1.54, 1.807) is 0 Å². The Labute approximate surface area is 119 Å².